The van der Waals surface area contributed by atoms with Crippen LogP contribution in [0, 0.1) is 23.6 Å². The first-order chi connectivity index (χ1) is 20.4. The van der Waals surface area contributed by atoms with Crippen LogP contribution in [0.15, 0.2) is 65.6 Å². The SMILES string of the molecule is COC(C)(C)C#Cc1cc2c(cc1-c1ccc(F)c(C(=O)O)c1)S(=O)(=O)N(C)[C@H](C1CCCCC1)CN2c1ccccc1. The molecule has 3 aromatic rings. The number of ether oxygens (including phenoxy) is 1. The molecule has 0 aromatic heterocycles. The second kappa shape index (κ2) is 12.1. The Morgan fingerprint density at radius 2 is 1.74 bits per heavy atom. The Balaban J connectivity index is 1.80. The fourth-order valence-corrected chi connectivity index (χ4v) is 7.61. The number of benzene rings is 3. The van der Waals surface area contributed by atoms with E-state index < -0.39 is 33.0 Å². The van der Waals surface area contributed by atoms with E-state index in [0.29, 0.717) is 28.9 Å². The number of fused-ring (bicyclic) bond motifs is 1. The monoisotopic (exact) mass is 604 g/mol. The van der Waals surface area contributed by atoms with Crippen molar-refractivity contribution in [2.45, 2.75) is 62.5 Å². The first-order valence-corrected chi connectivity index (χ1v) is 16.0. The number of carbonyl (C=O) groups is 1. The summed E-state index contributed by atoms with van der Waals surface area (Å²) in [5.74, 6) is 4.20. The molecule has 0 saturated heterocycles. The second-order valence-corrected chi connectivity index (χ2v) is 13.7. The van der Waals surface area contributed by atoms with Crippen LogP contribution in [0.2, 0.25) is 0 Å². The molecule has 2 aliphatic rings. The van der Waals surface area contributed by atoms with Gasteiger partial charge in [0.05, 0.1) is 11.3 Å². The van der Waals surface area contributed by atoms with E-state index in [9.17, 15) is 22.7 Å². The summed E-state index contributed by atoms with van der Waals surface area (Å²) in [4.78, 5) is 13.9. The number of carboxylic acids is 1. The van der Waals surface area contributed by atoms with Crippen molar-refractivity contribution < 1.29 is 27.4 Å². The molecule has 1 fully saturated rings. The fourth-order valence-electron chi connectivity index (χ4n) is 6.00. The van der Waals surface area contributed by atoms with Crippen molar-refractivity contribution in [2.24, 2.45) is 5.92 Å². The highest BCUT2D eigenvalue weighted by Gasteiger charge is 2.41. The summed E-state index contributed by atoms with van der Waals surface area (Å²) in [7, 11) is -0.791. The molecule has 1 aliphatic heterocycles. The van der Waals surface area contributed by atoms with Crippen LogP contribution < -0.4 is 4.90 Å². The normalized spacial score (nSPS) is 19.2. The van der Waals surface area contributed by atoms with Crippen molar-refractivity contribution in [3.63, 3.8) is 0 Å². The first-order valence-electron chi connectivity index (χ1n) is 14.5. The van der Waals surface area contributed by atoms with E-state index in [4.69, 9.17) is 4.74 Å². The number of nitrogens with zero attached hydrogens (tertiary/aromatic N) is 2. The number of aromatic carboxylic acids is 1. The number of sulfonamides is 1. The van der Waals surface area contributed by atoms with Gasteiger partial charge in [0.25, 0.3) is 0 Å². The van der Waals surface area contributed by atoms with Gasteiger partial charge < -0.3 is 14.7 Å². The number of rotatable bonds is 5. The molecule has 1 aliphatic carbocycles. The van der Waals surface area contributed by atoms with Crippen molar-refractivity contribution in [2.75, 3.05) is 25.6 Å². The van der Waals surface area contributed by atoms with Gasteiger partial charge in [-0.2, -0.15) is 4.31 Å². The van der Waals surface area contributed by atoms with Crippen molar-refractivity contribution in [1.29, 1.82) is 0 Å². The number of hydrogen-bond donors (Lipinski definition) is 1. The summed E-state index contributed by atoms with van der Waals surface area (Å²) in [6, 6.07) is 16.5. The summed E-state index contributed by atoms with van der Waals surface area (Å²) in [5, 5.41) is 9.62. The van der Waals surface area contributed by atoms with Gasteiger partial charge in [-0.3, -0.25) is 0 Å². The minimum Gasteiger partial charge on any atom is -0.478 e. The van der Waals surface area contributed by atoms with E-state index in [1.165, 1.54) is 16.4 Å². The van der Waals surface area contributed by atoms with Crippen LogP contribution in [0.1, 0.15) is 61.9 Å². The minimum absolute atomic E-state index is 0.0879. The van der Waals surface area contributed by atoms with Crippen LogP contribution in [0.25, 0.3) is 11.1 Å². The second-order valence-electron chi connectivity index (χ2n) is 11.8. The Morgan fingerprint density at radius 3 is 2.40 bits per heavy atom. The van der Waals surface area contributed by atoms with Crippen LogP contribution in [0.5, 0.6) is 0 Å². The number of anilines is 2. The molecule has 5 rings (SSSR count). The molecule has 3 aromatic carbocycles. The summed E-state index contributed by atoms with van der Waals surface area (Å²) >= 11 is 0. The molecule has 7 nitrogen and oxygen atoms in total. The zero-order valence-corrected chi connectivity index (χ0v) is 25.7. The highest BCUT2D eigenvalue weighted by molar-refractivity contribution is 7.89. The fraction of sp³-hybridized carbons (Fsp3) is 0.382. The van der Waals surface area contributed by atoms with Gasteiger partial charge >= 0.3 is 5.97 Å². The van der Waals surface area contributed by atoms with Gasteiger partial charge in [-0.1, -0.05) is 55.4 Å². The zero-order chi connectivity index (χ0) is 30.9. The van der Waals surface area contributed by atoms with Crippen molar-refractivity contribution in [3.8, 4) is 23.0 Å². The Kier molecular flexibility index (Phi) is 8.66. The van der Waals surface area contributed by atoms with Crippen molar-refractivity contribution in [1.82, 2.24) is 4.31 Å². The molecule has 226 valence electrons. The van der Waals surface area contributed by atoms with E-state index >= 15 is 0 Å². The highest BCUT2D eigenvalue weighted by Crippen LogP contribution is 2.43. The number of likely N-dealkylation sites (N-methyl/N-ethyl adjacent to an activating group) is 1. The van der Waals surface area contributed by atoms with Crippen molar-refractivity contribution in [3.05, 3.63) is 77.6 Å². The molecule has 0 radical (unpaired) electrons. The van der Waals surface area contributed by atoms with Crippen LogP contribution >= 0.6 is 0 Å². The van der Waals surface area contributed by atoms with E-state index in [-0.39, 0.29) is 16.9 Å². The van der Waals surface area contributed by atoms with E-state index in [2.05, 4.69) is 16.7 Å². The maximum atomic E-state index is 14.4. The Labute approximate surface area is 253 Å². The zero-order valence-electron chi connectivity index (χ0n) is 24.9. The average Bonchev–Trinajstić information content (AvgIpc) is 3.08. The molecule has 0 amide bonds. The molecule has 0 unspecified atom stereocenters. The third-order valence-electron chi connectivity index (χ3n) is 8.66. The molecule has 1 N–H and O–H groups in total. The van der Waals surface area contributed by atoms with Gasteiger partial charge in [0.2, 0.25) is 10.0 Å². The van der Waals surface area contributed by atoms with Crippen LogP contribution in [0.4, 0.5) is 15.8 Å². The first kappa shape index (κ1) is 30.7. The van der Waals surface area contributed by atoms with Crippen LogP contribution in [0.3, 0.4) is 0 Å². The summed E-state index contributed by atoms with van der Waals surface area (Å²) < 4.78 is 50.3. The lowest BCUT2D eigenvalue weighted by Gasteiger charge is -2.36. The van der Waals surface area contributed by atoms with E-state index in [1.54, 1.807) is 26.3 Å². The van der Waals surface area contributed by atoms with Crippen LogP contribution in [-0.2, 0) is 14.8 Å². The molecule has 9 heteroatoms. The van der Waals surface area contributed by atoms with Crippen LogP contribution in [-0.4, -0.2) is 56.1 Å². The van der Waals surface area contributed by atoms with Gasteiger partial charge in [0, 0.05) is 38.0 Å². The molecular formula is C34H37FN2O5S. The molecular weight excluding hydrogens is 567 g/mol. The third kappa shape index (κ3) is 6.19. The third-order valence-corrected chi connectivity index (χ3v) is 10.6. The summed E-state index contributed by atoms with van der Waals surface area (Å²) in [6.07, 6.45) is 5.23. The van der Waals surface area contributed by atoms with E-state index in [0.717, 1.165) is 43.9 Å². The molecule has 43 heavy (non-hydrogen) atoms. The topological polar surface area (TPSA) is 87.1 Å². The summed E-state index contributed by atoms with van der Waals surface area (Å²) in [5.41, 5.74) is 1.24. The Hall–Kier alpha value is -3.71. The number of carboxylic acid groups (broad SMARTS) is 1. The smallest absolute Gasteiger partial charge is 0.338 e. The lowest BCUT2D eigenvalue weighted by atomic mass is 9.83. The van der Waals surface area contributed by atoms with Gasteiger partial charge in [-0.05, 0) is 80.1 Å². The van der Waals surface area contributed by atoms with Gasteiger partial charge in [0.15, 0.2) is 0 Å². The molecule has 0 bridgehead atoms. The van der Waals surface area contributed by atoms with Crippen molar-refractivity contribution >= 4 is 27.4 Å². The Bertz CT molecular complexity index is 1690. The largest absolute Gasteiger partial charge is 0.478 e. The number of para-hydroxylation sites is 1. The number of methoxy groups -OCH3 is 1. The molecule has 0 spiro atoms. The van der Waals surface area contributed by atoms with Gasteiger partial charge in [-0.15, -0.1) is 0 Å². The van der Waals surface area contributed by atoms with E-state index in [1.807, 2.05) is 44.2 Å². The average molecular weight is 605 g/mol. The Morgan fingerprint density at radius 1 is 1.05 bits per heavy atom. The molecule has 1 saturated carbocycles. The quantitative estimate of drug-likeness (QED) is 0.327. The lowest BCUT2D eigenvalue weighted by Crippen LogP contribution is -2.46. The van der Waals surface area contributed by atoms with Gasteiger partial charge in [-0.25, -0.2) is 17.6 Å². The maximum Gasteiger partial charge on any atom is 0.338 e. The maximum absolute atomic E-state index is 14.4. The minimum atomic E-state index is -4.00. The lowest BCUT2D eigenvalue weighted by molar-refractivity contribution is 0.0691. The predicted octanol–water partition coefficient (Wildman–Crippen LogP) is 6.69. The molecule has 1 atom stereocenters. The number of hydrogen-bond acceptors (Lipinski definition) is 5. The molecule has 1 heterocycles. The predicted molar refractivity (Wildman–Crippen MR) is 166 cm³/mol. The number of halogens is 1. The highest BCUT2D eigenvalue weighted by atomic mass is 32.2. The van der Waals surface area contributed by atoms with Gasteiger partial charge in [0.1, 0.15) is 16.3 Å². The summed E-state index contributed by atoms with van der Waals surface area (Å²) in [6.45, 7) is 4.09. The standard InChI is InChI=1S/C34H37FN2O5S/c1-34(2,42-4)18-17-25-20-30-32(21-27(25)24-15-16-29(35)28(19-24)33(38)39)43(40,41)36(3)31(23-11-7-5-8-12-23)22-37(30)26-13-9-6-10-14-26/h6,9-10,13-16,19-21,23,31H,5,7-8,11-12,22H2,1-4H3,(H,38,39)/t31-/m0/s1.